The van der Waals surface area contributed by atoms with E-state index in [9.17, 15) is 26.3 Å². The molecule has 1 aromatic heterocycles. The van der Waals surface area contributed by atoms with Gasteiger partial charge in [-0.15, -0.1) is 0 Å². The van der Waals surface area contributed by atoms with Crippen molar-refractivity contribution in [1.29, 1.82) is 0 Å². The van der Waals surface area contributed by atoms with Crippen molar-refractivity contribution in [1.82, 2.24) is 4.98 Å². The molecule has 0 spiro atoms. The summed E-state index contributed by atoms with van der Waals surface area (Å²) in [6.07, 6.45) is -0.581. The Labute approximate surface area is 232 Å². The molecule has 0 bridgehead atoms. The van der Waals surface area contributed by atoms with Crippen LogP contribution in [0.5, 0.6) is 5.75 Å². The van der Waals surface area contributed by atoms with E-state index < -0.39 is 24.0 Å². The Hall–Kier alpha value is -3.03. The van der Waals surface area contributed by atoms with Gasteiger partial charge in [-0.1, -0.05) is 57.2 Å². The fourth-order valence-electron chi connectivity index (χ4n) is 5.51. The summed E-state index contributed by atoms with van der Waals surface area (Å²) in [6, 6.07) is 6.89. The molecule has 1 heterocycles. The molecular formula is C32H37F6NO. The molecule has 1 atom stereocenters. The zero-order valence-electron chi connectivity index (χ0n) is 23.4. The van der Waals surface area contributed by atoms with Crippen LogP contribution >= 0.6 is 0 Å². The van der Waals surface area contributed by atoms with Gasteiger partial charge in [0, 0.05) is 17.7 Å². The Morgan fingerprint density at radius 1 is 1.05 bits per heavy atom. The van der Waals surface area contributed by atoms with Gasteiger partial charge >= 0.3 is 12.4 Å². The summed E-state index contributed by atoms with van der Waals surface area (Å²) in [6.45, 7) is 11.7. The van der Waals surface area contributed by atoms with Crippen LogP contribution in [0.4, 0.5) is 26.3 Å². The Kier molecular flexibility index (Phi) is 10.3. The van der Waals surface area contributed by atoms with Crippen molar-refractivity contribution in [2.75, 3.05) is 0 Å². The number of alkyl halides is 6. The van der Waals surface area contributed by atoms with Gasteiger partial charge in [0.25, 0.3) is 0 Å². The highest BCUT2D eigenvalue weighted by Crippen LogP contribution is 2.48. The lowest BCUT2D eigenvalue weighted by molar-refractivity contribution is -0.185. The highest BCUT2D eigenvalue weighted by molar-refractivity contribution is 5.87. The number of pyridine rings is 1. The van der Waals surface area contributed by atoms with Gasteiger partial charge in [0.1, 0.15) is 5.75 Å². The minimum atomic E-state index is -4.64. The van der Waals surface area contributed by atoms with Gasteiger partial charge < -0.3 is 4.74 Å². The Morgan fingerprint density at radius 3 is 2.30 bits per heavy atom. The summed E-state index contributed by atoms with van der Waals surface area (Å²) in [5.41, 5.74) is 2.41. The first-order valence-electron chi connectivity index (χ1n) is 13.9. The molecule has 1 fully saturated rings. The van der Waals surface area contributed by atoms with Gasteiger partial charge in [0.15, 0.2) is 5.69 Å². The third-order valence-electron chi connectivity index (χ3n) is 7.27. The van der Waals surface area contributed by atoms with Crippen molar-refractivity contribution in [2.45, 2.75) is 90.6 Å². The smallest absolute Gasteiger partial charge is 0.433 e. The minimum Gasteiger partial charge on any atom is -0.490 e. The van der Waals surface area contributed by atoms with Crippen LogP contribution in [0, 0.1) is 12.8 Å². The summed E-state index contributed by atoms with van der Waals surface area (Å²) in [4.78, 5) is 3.71. The van der Waals surface area contributed by atoms with Gasteiger partial charge in [-0.25, -0.2) is 0 Å². The Bertz CT molecular complexity index is 1230. The first-order chi connectivity index (χ1) is 18.9. The van der Waals surface area contributed by atoms with Crippen molar-refractivity contribution in [3.63, 3.8) is 0 Å². The van der Waals surface area contributed by atoms with Crippen LogP contribution in [0.2, 0.25) is 0 Å². The lowest BCUT2D eigenvalue weighted by atomic mass is 9.87. The van der Waals surface area contributed by atoms with Crippen LogP contribution in [0.1, 0.15) is 93.2 Å². The van der Waals surface area contributed by atoms with Crippen LogP contribution in [0.3, 0.4) is 0 Å². The maximum Gasteiger partial charge on any atom is 0.433 e. The number of halogens is 6. The van der Waals surface area contributed by atoms with Gasteiger partial charge in [-0.05, 0) is 85.9 Å². The summed E-state index contributed by atoms with van der Waals surface area (Å²) in [7, 11) is 0. The number of benzene rings is 1. The summed E-state index contributed by atoms with van der Waals surface area (Å²) in [5.74, 6) is -1.16. The molecule has 0 saturated heterocycles. The van der Waals surface area contributed by atoms with E-state index >= 15 is 0 Å². The van der Waals surface area contributed by atoms with E-state index in [2.05, 4.69) is 11.6 Å². The SMILES string of the molecule is C=C/C(=C\CC)CC1C=C(c2cc(C)cc(OC3CCC(C(F)(F)F)CC3)c2)c2c1ccnc2C(F)(F)F.CC. The number of rotatable bonds is 7. The van der Waals surface area contributed by atoms with Crippen molar-refractivity contribution >= 4 is 5.57 Å². The number of aryl methyl sites for hydroxylation is 1. The number of allylic oxidation sites excluding steroid dienone is 4. The van der Waals surface area contributed by atoms with E-state index in [4.69, 9.17) is 4.74 Å². The first-order valence-corrected chi connectivity index (χ1v) is 13.9. The van der Waals surface area contributed by atoms with Gasteiger partial charge in [-0.3, -0.25) is 4.98 Å². The van der Waals surface area contributed by atoms with Gasteiger partial charge in [0.2, 0.25) is 0 Å². The zero-order valence-corrected chi connectivity index (χ0v) is 23.4. The molecule has 1 unspecified atom stereocenters. The molecule has 2 aliphatic carbocycles. The molecule has 8 heteroatoms. The molecule has 218 valence electrons. The molecule has 0 aliphatic heterocycles. The van der Waals surface area contributed by atoms with Gasteiger partial charge in [-0.2, -0.15) is 26.3 Å². The number of ether oxygens (including phenoxy) is 1. The monoisotopic (exact) mass is 565 g/mol. The van der Waals surface area contributed by atoms with Crippen LogP contribution < -0.4 is 4.74 Å². The van der Waals surface area contributed by atoms with Gasteiger partial charge in [0.05, 0.1) is 12.0 Å². The van der Waals surface area contributed by atoms with E-state index in [1.54, 1.807) is 30.3 Å². The third kappa shape index (κ3) is 7.38. The molecule has 0 N–H and O–H groups in total. The second-order valence-electron chi connectivity index (χ2n) is 10.1. The molecule has 0 radical (unpaired) electrons. The number of fused-ring (bicyclic) bond motifs is 1. The fourth-order valence-corrected chi connectivity index (χ4v) is 5.51. The minimum absolute atomic E-state index is 0.00454. The molecular weight excluding hydrogens is 528 g/mol. The predicted octanol–water partition coefficient (Wildman–Crippen LogP) is 10.4. The number of nitrogens with zero attached hydrogens (tertiary/aromatic N) is 1. The van der Waals surface area contributed by atoms with E-state index in [0.717, 1.165) is 17.6 Å². The number of aromatic nitrogens is 1. The van der Waals surface area contributed by atoms with E-state index in [1.165, 1.54) is 6.20 Å². The summed E-state index contributed by atoms with van der Waals surface area (Å²) in [5, 5.41) is 0. The first kappa shape index (κ1) is 31.5. The largest absolute Gasteiger partial charge is 0.490 e. The Balaban J connectivity index is 0.00000216. The second kappa shape index (κ2) is 13.1. The number of hydrogen-bond acceptors (Lipinski definition) is 2. The van der Waals surface area contributed by atoms with E-state index in [1.807, 2.05) is 39.8 Å². The van der Waals surface area contributed by atoms with Crippen molar-refractivity contribution in [3.8, 4) is 5.75 Å². The second-order valence-corrected chi connectivity index (χ2v) is 10.1. The molecule has 1 aromatic carbocycles. The molecule has 2 aliphatic rings. The lowest BCUT2D eigenvalue weighted by Crippen LogP contribution is -2.31. The predicted molar refractivity (Wildman–Crippen MR) is 147 cm³/mol. The maximum absolute atomic E-state index is 14.1. The Morgan fingerprint density at radius 2 is 1.73 bits per heavy atom. The van der Waals surface area contributed by atoms with Crippen LogP contribution in [0.25, 0.3) is 5.57 Å². The fraction of sp³-hybridized carbons (Fsp3) is 0.469. The van der Waals surface area contributed by atoms with Crippen LogP contribution in [-0.2, 0) is 6.18 Å². The number of hydrogen-bond donors (Lipinski definition) is 0. The van der Waals surface area contributed by atoms with Crippen molar-refractivity contribution in [3.05, 3.63) is 88.8 Å². The molecule has 0 amide bonds. The van der Waals surface area contributed by atoms with Crippen LogP contribution in [0.15, 0.2) is 60.8 Å². The molecule has 40 heavy (non-hydrogen) atoms. The maximum atomic E-state index is 14.1. The highest BCUT2D eigenvalue weighted by Gasteiger charge is 2.42. The molecule has 4 rings (SSSR count). The molecule has 1 saturated carbocycles. The third-order valence-corrected chi connectivity index (χ3v) is 7.27. The normalized spacial score (nSPS) is 21.2. The van der Waals surface area contributed by atoms with E-state index in [0.29, 0.717) is 28.9 Å². The highest BCUT2D eigenvalue weighted by atomic mass is 19.4. The summed E-state index contributed by atoms with van der Waals surface area (Å²) >= 11 is 0. The molecule has 2 nitrogen and oxygen atoms in total. The quantitative estimate of drug-likeness (QED) is 0.246. The van der Waals surface area contributed by atoms with Crippen LogP contribution in [-0.4, -0.2) is 17.3 Å². The topological polar surface area (TPSA) is 22.1 Å². The van der Waals surface area contributed by atoms with Crippen molar-refractivity contribution in [2.24, 2.45) is 5.92 Å². The lowest BCUT2D eigenvalue weighted by Gasteiger charge is -2.30. The average molecular weight is 566 g/mol. The summed E-state index contributed by atoms with van der Waals surface area (Å²) < 4.78 is 87.4. The molecule has 2 aromatic rings. The van der Waals surface area contributed by atoms with Crippen molar-refractivity contribution < 1.29 is 31.1 Å². The average Bonchev–Trinajstić information content (AvgIpc) is 3.27. The van der Waals surface area contributed by atoms with E-state index in [-0.39, 0.29) is 43.3 Å². The zero-order chi connectivity index (χ0) is 29.7. The standard InChI is InChI=1S/C30H31F6NO.C2H6/c1-4-6-19(5-2)15-21-17-26(27-25(21)11-12-37-28(27)30(34,35)36)20-13-18(3)14-24(16-20)38-23-9-7-22(8-10-23)29(31,32)33;1-2/h5-6,11-14,16-17,21-23H,2,4,7-10,15H2,1,3H3;1-2H3/b19-6+;.